The molecule has 2 rings (SSSR count). The van der Waals surface area contributed by atoms with E-state index in [-0.39, 0.29) is 0 Å². The van der Waals surface area contributed by atoms with Gasteiger partial charge in [0.15, 0.2) is 0 Å². The Morgan fingerprint density at radius 3 is 2.79 bits per heavy atom. The highest BCUT2D eigenvalue weighted by atomic mass is 16.5. The molecule has 1 aromatic rings. The van der Waals surface area contributed by atoms with Crippen LogP contribution in [-0.4, -0.2) is 19.2 Å². The largest absolute Gasteiger partial charge is 0.466 e. The summed E-state index contributed by atoms with van der Waals surface area (Å²) in [6, 6.07) is 10.3. The lowest BCUT2D eigenvalue weighted by molar-refractivity contribution is -0.841. The monoisotopic (exact) mass is 191 g/mol. The number of rotatable bonds is 3. The van der Waals surface area contributed by atoms with Crippen molar-refractivity contribution in [3.8, 4) is 0 Å². The van der Waals surface area contributed by atoms with Crippen LogP contribution in [0, 0.1) is 7.05 Å². The first-order chi connectivity index (χ1) is 6.84. The summed E-state index contributed by atoms with van der Waals surface area (Å²) >= 11 is 0. The van der Waals surface area contributed by atoms with Crippen LogP contribution in [0.25, 0.3) is 0 Å². The zero-order chi connectivity index (χ0) is 9.80. The second-order valence-electron chi connectivity index (χ2n) is 3.91. The molecule has 0 saturated carbocycles. The number of hydrogen-bond acceptors (Lipinski definition) is 1. The molecule has 2 heteroatoms. The standard InChI is InChI=1S/C12H17NO/c1-13-8-7-12(9-13)14-10-11-5-3-2-4-6-11/h2-6,12-13H,1,7-10H2. The highest BCUT2D eigenvalue weighted by Crippen LogP contribution is 2.06. The molecule has 2 nitrogen and oxygen atoms in total. The molecule has 0 amide bonds. The molecule has 1 aliphatic rings. The van der Waals surface area contributed by atoms with Gasteiger partial charge in [0, 0.05) is 6.42 Å². The minimum absolute atomic E-state index is 0.405. The van der Waals surface area contributed by atoms with Crippen LogP contribution >= 0.6 is 0 Å². The van der Waals surface area contributed by atoms with Crippen LogP contribution in [0.4, 0.5) is 0 Å². The fourth-order valence-electron chi connectivity index (χ4n) is 1.82. The number of likely N-dealkylation sites (tertiary alicyclic amines) is 1. The van der Waals surface area contributed by atoms with Gasteiger partial charge in [-0.3, -0.25) is 0 Å². The summed E-state index contributed by atoms with van der Waals surface area (Å²) in [6.45, 7) is 2.92. The van der Waals surface area contributed by atoms with Crippen molar-refractivity contribution < 1.29 is 9.64 Å². The van der Waals surface area contributed by atoms with Gasteiger partial charge in [-0.1, -0.05) is 30.3 Å². The molecule has 0 spiro atoms. The van der Waals surface area contributed by atoms with Crippen LogP contribution in [0.2, 0.25) is 0 Å². The van der Waals surface area contributed by atoms with Crippen LogP contribution in [0.15, 0.2) is 30.3 Å². The molecule has 1 aliphatic heterocycles. The summed E-state index contributed by atoms with van der Waals surface area (Å²) in [4.78, 5) is 1.34. The van der Waals surface area contributed by atoms with E-state index in [1.54, 1.807) is 0 Å². The van der Waals surface area contributed by atoms with Crippen LogP contribution < -0.4 is 4.90 Å². The third-order valence-corrected chi connectivity index (χ3v) is 2.66. The second kappa shape index (κ2) is 4.58. The third kappa shape index (κ3) is 2.56. The Bertz CT molecular complexity index is 273. The van der Waals surface area contributed by atoms with E-state index in [1.807, 2.05) is 18.2 Å². The molecule has 0 aromatic heterocycles. The van der Waals surface area contributed by atoms with E-state index >= 15 is 0 Å². The smallest absolute Gasteiger partial charge is 0.110 e. The molecule has 76 valence electrons. The van der Waals surface area contributed by atoms with Gasteiger partial charge in [0.05, 0.1) is 19.7 Å². The number of quaternary nitrogens is 1. The Balaban J connectivity index is 1.78. The van der Waals surface area contributed by atoms with E-state index in [4.69, 9.17) is 4.74 Å². The minimum atomic E-state index is 0.405. The Morgan fingerprint density at radius 1 is 1.36 bits per heavy atom. The summed E-state index contributed by atoms with van der Waals surface area (Å²) in [7, 11) is 3.98. The summed E-state index contributed by atoms with van der Waals surface area (Å²) in [5.74, 6) is 0. The van der Waals surface area contributed by atoms with Gasteiger partial charge in [0.1, 0.15) is 6.10 Å². The van der Waals surface area contributed by atoms with Gasteiger partial charge >= 0.3 is 0 Å². The summed E-state index contributed by atoms with van der Waals surface area (Å²) in [5, 5.41) is 0. The fraction of sp³-hybridized carbons (Fsp3) is 0.417. The third-order valence-electron chi connectivity index (χ3n) is 2.66. The lowest BCUT2D eigenvalue weighted by Crippen LogP contribution is -3.05. The predicted molar refractivity (Wildman–Crippen MR) is 55.7 cm³/mol. The molecule has 1 N–H and O–H groups in total. The predicted octanol–water partition coefficient (Wildman–Crippen LogP) is 0.652. The summed E-state index contributed by atoms with van der Waals surface area (Å²) in [5.41, 5.74) is 1.25. The first-order valence-electron chi connectivity index (χ1n) is 5.17. The summed E-state index contributed by atoms with van der Waals surface area (Å²) < 4.78 is 5.80. The van der Waals surface area contributed by atoms with Crippen molar-refractivity contribution in [2.45, 2.75) is 19.1 Å². The van der Waals surface area contributed by atoms with Gasteiger partial charge in [-0.25, -0.2) is 0 Å². The van der Waals surface area contributed by atoms with Gasteiger partial charge in [0.2, 0.25) is 0 Å². The molecule has 0 radical (unpaired) electrons. The van der Waals surface area contributed by atoms with Crippen molar-refractivity contribution >= 4 is 0 Å². The minimum Gasteiger partial charge on any atom is -0.466 e. The van der Waals surface area contributed by atoms with Crippen molar-refractivity contribution in [2.75, 3.05) is 13.1 Å². The maximum Gasteiger partial charge on any atom is 0.110 e. The lowest BCUT2D eigenvalue weighted by Gasteiger charge is -2.13. The maximum absolute atomic E-state index is 5.80. The molecule has 2 unspecified atom stereocenters. The number of ether oxygens (including phenoxy) is 1. The van der Waals surface area contributed by atoms with Crippen molar-refractivity contribution in [1.29, 1.82) is 0 Å². The van der Waals surface area contributed by atoms with Crippen LogP contribution in [0.1, 0.15) is 12.0 Å². The van der Waals surface area contributed by atoms with Crippen molar-refractivity contribution in [3.63, 3.8) is 0 Å². The summed E-state index contributed by atoms with van der Waals surface area (Å²) in [6.07, 6.45) is 1.55. The number of nitrogens with one attached hydrogen (secondary N) is 1. The quantitative estimate of drug-likeness (QED) is 0.693. The average Bonchev–Trinajstić information content (AvgIpc) is 2.63. The molecule has 14 heavy (non-hydrogen) atoms. The molecule has 0 bridgehead atoms. The molecule has 0 aliphatic carbocycles. The topological polar surface area (TPSA) is 13.7 Å². The fourth-order valence-corrected chi connectivity index (χ4v) is 1.82. The van der Waals surface area contributed by atoms with E-state index in [0.29, 0.717) is 6.10 Å². The van der Waals surface area contributed by atoms with Gasteiger partial charge in [-0.05, 0) is 5.56 Å². The van der Waals surface area contributed by atoms with E-state index < -0.39 is 0 Å². The molecular formula is C12H17NO. The molecular weight excluding hydrogens is 174 g/mol. The van der Waals surface area contributed by atoms with Crippen LogP contribution in [0.5, 0.6) is 0 Å². The molecule has 1 heterocycles. The lowest BCUT2D eigenvalue weighted by atomic mass is 10.2. The Kier molecular flexibility index (Phi) is 3.17. The number of benzene rings is 1. The normalized spacial score (nSPS) is 26.6. The Morgan fingerprint density at radius 2 is 2.14 bits per heavy atom. The second-order valence-corrected chi connectivity index (χ2v) is 3.91. The highest BCUT2D eigenvalue weighted by molar-refractivity contribution is 5.13. The zero-order valence-electron chi connectivity index (χ0n) is 8.41. The molecule has 1 fully saturated rings. The van der Waals surface area contributed by atoms with Gasteiger partial charge < -0.3 is 9.64 Å². The SMILES string of the molecule is [CH2-][NH+]1CCC(OCc2ccccc2)C1. The Labute approximate surface area is 85.5 Å². The first-order valence-corrected chi connectivity index (χ1v) is 5.17. The maximum atomic E-state index is 5.80. The van der Waals surface area contributed by atoms with Crippen molar-refractivity contribution in [1.82, 2.24) is 0 Å². The molecule has 2 atom stereocenters. The van der Waals surface area contributed by atoms with Gasteiger partial charge in [-0.15, -0.1) is 0 Å². The van der Waals surface area contributed by atoms with Crippen molar-refractivity contribution in [3.05, 3.63) is 42.9 Å². The van der Waals surface area contributed by atoms with Gasteiger partial charge in [0.25, 0.3) is 0 Å². The van der Waals surface area contributed by atoms with E-state index in [9.17, 15) is 0 Å². The van der Waals surface area contributed by atoms with E-state index in [0.717, 1.165) is 26.1 Å². The highest BCUT2D eigenvalue weighted by Gasteiger charge is 2.20. The van der Waals surface area contributed by atoms with Crippen LogP contribution in [0.3, 0.4) is 0 Å². The average molecular weight is 191 g/mol. The molecule has 1 aromatic carbocycles. The number of hydrogen-bond donors (Lipinski definition) is 1. The molecule has 1 saturated heterocycles. The van der Waals surface area contributed by atoms with E-state index in [2.05, 4.69) is 19.2 Å². The van der Waals surface area contributed by atoms with E-state index in [1.165, 1.54) is 10.5 Å². The van der Waals surface area contributed by atoms with Crippen LogP contribution in [-0.2, 0) is 11.3 Å². The zero-order valence-corrected chi connectivity index (χ0v) is 8.41. The Hall–Kier alpha value is -0.860. The van der Waals surface area contributed by atoms with Gasteiger partial charge in [-0.2, -0.15) is 7.05 Å². The first kappa shape index (κ1) is 9.69. The van der Waals surface area contributed by atoms with Crippen molar-refractivity contribution in [2.24, 2.45) is 0 Å².